The summed E-state index contributed by atoms with van der Waals surface area (Å²) in [5.41, 5.74) is 5.16. The number of alkyl carbamates (subject to hydrolysis) is 2. The Morgan fingerprint density at radius 1 is 1.13 bits per heavy atom. The molecule has 0 unspecified atom stereocenters. The van der Waals surface area contributed by atoms with Crippen LogP contribution in [0.15, 0.2) is 0 Å². The Hall–Kier alpha value is -1.50. The quantitative estimate of drug-likeness (QED) is 0.534. The van der Waals surface area contributed by atoms with E-state index >= 15 is 0 Å². The van der Waals surface area contributed by atoms with Crippen LogP contribution in [0.1, 0.15) is 59.8 Å². The number of carbonyl (C=O) groups excluding carboxylic acids is 2. The van der Waals surface area contributed by atoms with Crippen molar-refractivity contribution >= 4 is 12.2 Å². The first-order valence-electron chi connectivity index (χ1n) is 8.38. The third-order valence-electron chi connectivity index (χ3n) is 2.99. The SMILES string of the molecule is CCCCOC(=O)N[C@H](CN)CCCCNC(=O)OC(C)(C)C. The topological polar surface area (TPSA) is 103 Å². The zero-order valence-electron chi connectivity index (χ0n) is 14.9. The number of hydrogen-bond donors (Lipinski definition) is 3. The summed E-state index contributed by atoms with van der Waals surface area (Å²) in [7, 11) is 0. The molecule has 0 radical (unpaired) electrons. The molecule has 23 heavy (non-hydrogen) atoms. The Labute approximate surface area is 139 Å². The van der Waals surface area contributed by atoms with Gasteiger partial charge in [-0.1, -0.05) is 13.3 Å². The fraction of sp³-hybridized carbons (Fsp3) is 0.875. The Balaban J connectivity index is 3.75. The molecule has 136 valence electrons. The lowest BCUT2D eigenvalue weighted by Gasteiger charge is -2.20. The molecule has 7 heteroatoms. The van der Waals surface area contributed by atoms with Crippen molar-refractivity contribution < 1.29 is 19.1 Å². The molecule has 0 fully saturated rings. The molecule has 0 aromatic heterocycles. The van der Waals surface area contributed by atoms with E-state index in [9.17, 15) is 9.59 Å². The normalized spacial score (nSPS) is 12.4. The van der Waals surface area contributed by atoms with Crippen LogP contribution in [0, 0.1) is 0 Å². The summed E-state index contributed by atoms with van der Waals surface area (Å²) >= 11 is 0. The predicted octanol–water partition coefficient (Wildman–Crippen LogP) is 2.54. The fourth-order valence-electron chi connectivity index (χ4n) is 1.79. The number of nitrogens with one attached hydrogen (secondary N) is 2. The summed E-state index contributed by atoms with van der Waals surface area (Å²) in [4.78, 5) is 23.0. The number of carbonyl (C=O) groups is 2. The van der Waals surface area contributed by atoms with E-state index in [1.807, 2.05) is 27.7 Å². The van der Waals surface area contributed by atoms with E-state index in [0.717, 1.165) is 32.1 Å². The van der Waals surface area contributed by atoms with Crippen LogP contribution in [0.4, 0.5) is 9.59 Å². The maximum absolute atomic E-state index is 11.5. The molecule has 0 saturated heterocycles. The van der Waals surface area contributed by atoms with Gasteiger partial charge in [-0.05, 0) is 46.5 Å². The molecule has 0 heterocycles. The zero-order valence-corrected chi connectivity index (χ0v) is 14.9. The highest BCUT2D eigenvalue weighted by atomic mass is 16.6. The van der Waals surface area contributed by atoms with E-state index in [-0.39, 0.29) is 6.04 Å². The second kappa shape index (κ2) is 12.0. The molecule has 4 N–H and O–H groups in total. The van der Waals surface area contributed by atoms with E-state index in [1.165, 1.54) is 0 Å². The van der Waals surface area contributed by atoms with E-state index in [0.29, 0.717) is 19.7 Å². The van der Waals surface area contributed by atoms with Gasteiger partial charge in [-0.2, -0.15) is 0 Å². The monoisotopic (exact) mass is 331 g/mol. The Kier molecular flexibility index (Phi) is 11.2. The van der Waals surface area contributed by atoms with Gasteiger partial charge in [0.05, 0.1) is 6.61 Å². The highest BCUT2D eigenvalue weighted by Gasteiger charge is 2.15. The molecule has 7 nitrogen and oxygen atoms in total. The average molecular weight is 331 g/mol. The third kappa shape index (κ3) is 13.9. The number of ether oxygens (including phenoxy) is 2. The van der Waals surface area contributed by atoms with Gasteiger partial charge in [0, 0.05) is 19.1 Å². The standard InChI is InChI=1S/C16H33N3O4/c1-5-6-11-22-15(21)19-13(12-17)9-7-8-10-18-14(20)23-16(2,3)4/h13H,5-12,17H2,1-4H3,(H,18,20)(H,19,21)/t13-/m0/s1. The Morgan fingerprint density at radius 3 is 2.39 bits per heavy atom. The largest absolute Gasteiger partial charge is 0.450 e. The van der Waals surface area contributed by atoms with Crippen molar-refractivity contribution in [2.75, 3.05) is 19.7 Å². The van der Waals surface area contributed by atoms with Gasteiger partial charge in [-0.25, -0.2) is 9.59 Å². The van der Waals surface area contributed by atoms with Crippen LogP contribution < -0.4 is 16.4 Å². The molecule has 0 rings (SSSR count). The van der Waals surface area contributed by atoms with Gasteiger partial charge in [0.2, 0.25) is 0 Å². The summed E-state index contributed by atoms with van der Waals surface area (Å²) < 4.78 is 10.2. The highest BCUT2D eigenvalue weighted by molar-refractivity contribution is 5.67. The lowest BCUT2D eigenvalue weighted by Crippen LogP contribution is -2.40. The highest BCUT2D eigenvalue weighted by Crippen LogP contribution is 2.06. The van der Waals surface area contributed by atoms with Crippen molar-refractivity contribution in [2.45, 2.75) is 71.4 Å². The van der Waals surface area contributed by atoms with Crippen LogP contribution in [0.2, 0.25) is 0 Å². The summed E-state index contributed by atoms with van der Waals surface area (Å²) in [5.74, 6) is 0. The van der Waals surface area contributed by atoms with Crippen molar-refractivity contribution in [2.24, 2.45) is 5.73 Å². The van der Waals surface area contributed by atoms with Crippen LogP contribution in [0.3, 0.4) is 0 Å². The Bertz CT molecular complexity index is 343. The molecule has 0 aromatic rings. The van der Waals surface area contributed by atoms with Crippen molar-refractivity contribution in [3.05, 3.63) is 0 Å². The summed E-state index contributed by atoms with van der Waals surface area (Å²) in [6.45, 7) is 8.83. The molecule has 2 amide bonds. The maximum Gasteiger partial charge on any atom is 0.407 e. The number of nitrogens with two attached hydrogens (primary N) is 1. The molecule has 0 spiro atoms. The first-order valence-corrected chi connectivity index (χ1v) is 8.38. The second-order valence-corrected chi connectivity index (χ2v) is 6.49. The molecule has 0 bridgehead atoms. The van der Waals surface area contributed by atoms with Crippen LogP contribution in [0.5, 0.6) is 0 Å². The predicted molar refractivity (Wildman–Crippen MR) is 90.3 cm³/mol. The van der Waals surface area contributed by atoms with Crippen LogP contribution in [-0.4, -0.2) is 43.5 Å². The van der Waals surface area contributed by atoms with Gasteiger partial charge in [-0.3, -0.25) is 0 Å². The molecule has 0 aliphatic carbocycles. The molecule has 0 aliphatic rings. The lowest BCUT2D eigenvalue weighted by molar-refractivity contribution is 0.0527. The average Bonchev–Trinajstić information content (AvgIpc) is 2.44. The summed E-state index contributed by atoms with van der Waals surface area (Å²) in [6.07, 6.45) is 3.39. The number of amides is 2. The van der Waals surface area contributed by atoms with Crippen molar-refractivity contribution in [1.29, 1.82) is 0 Å². The Morgan fingerprint density at radius 2 is 1.83 bits per heavy atom. The summed E-state index contributed by atoms with van der Waals surface area (Å²) in [5, 5.41) is 5.46. The minimum Gasteiger partial charge on any atom is -0.450 e. The lowest BCUT2D eigenvalue weighted by atomic mass is 10.1. The van der Waals surface area contributed by atoms with Gasteiger partial charge in [0.1, 0.15) is 5.60 Å². The van der Waals surface area contributed by atoms with Gasteiger partial charge in [0.15, 0.2) is 0 Å². The van der Waals surface area contributed by atoms with E-state index < -0.39 is 17.8 Å². The van der Waals surface area contributed by atoms with Crippen LogP contribution in [-0.2, 0) is 9.47 Å². The smallest absolute Gasteiger partial charge is 0.407 e. The van der Waals surface area contributed by atoms with Crippen LogP contribution in [0.25, 0.3) is 0 Å². The molecular formula is C16H33N3O4. The van der Waals surface area contributed by atoms with Gasteiger partial charge in [-0.15, -0.1) is 0 Å². The maximum atomic E-state index is 11.5. The number of unbranched alkanes of at least 4 members (excludes halogenated alkanes) is 2. The molecule has 0 aromatic carbocycles. The van der Waals surface area contributed by atoms with E-state index in [1.54, 1.807) is 0 Å². The van der Waals surface area contributed by atoms with Crippen molar-refractivity contribution in [3.8, 4) is 0 Å². The molecular weight excluding hydrogens is 298 g/mol. The van der Waals surface area contributed by atoms with Crippen molar-refractivity contribution in [3.63, 3.8) is 0 Å². The van der Waals surface area contributed by atoms with Gasteiger partial charge in [0.25, 0.3) is 0 Å². The number of rotatable bonds is 10. The fourth-order valence-corrected chi connectivity index (χ4v) is 1.79. The summed E-state index contributed by atoms with van der Waals surface area (Å²) in [6, 6.07) is -0.106. The van der Waals surface area contributed by atoms with E-state index in [4.69, 9.17) is 15.2 Å². The molecule has 0 aliphatic heterocycles. The van der Waals surface area contributed by atoms with Gasteiger partial charge < -0.3 is 25.8 Å². The minimum absolute atomic E-state index is 0.106. The first kappa shape index (κ1) is 21.5. The van der Waals surface area contributed by atoms with Crippen molar-refractivity contribution in [1.82, 2.24) is 10.6 Å². The van der Waals surface area contributed by atoms with Gasteiger partial charge >= 0.3 is 12.2 Å². The first-order chi connectivity index (χ1) is 10.8. The van der Waals surface area contributed by atoms with Crippen LogP contribution >= 0.6 is 0 Å². The number of hydrogen-bond acceptors (Lipinski definition) is 5. The zero-order chi connectivity index (χ0) is 17.7. The second-order valence-electron chi connectivity index (χ2n) is 6.49. The molecule has 1 atom stereocenters. The minimum atomic E-state index is -0.489. The van der Waals surface area contributed by atoms with E-state index in [2.05, 4.69) is 10.6 Å². The molecule has 0 saturated carbocycles. The third-order valence-corrected chi connectivity index (χ3v) is 2.99.